The van der Waals surface area contributed by atoms with E-state index in [1.165, 1.54) is 11.5 Å². The number of rotatable bonds is 6. The summed E-state index contributed by atoms with van der Waals surface area (Å²) in [5, 5.41) is 15.4. The van der Waals surface area contributed by atoms with Crippen molar-refractivity contribution in [1.82, 2.24) is 25.1 Å². The van der Waals surface area contributed by atoms with Crippen molar-refractivity contribution in [2.75, 3.05) is 6.54 Å². The van der Waals surface area contributed by atoms with Crippen LogP contribution in [0, 0.1) is 0 Å². The van der Waals surface area contributed by atoms with E-state index >= 15 is 0 Å². The maximum Gasteiger partial charge on any atom is 0.261 e. The molecule has 0 unspecified atom stereocenters. The highest BCUT2D eigenvalue weighted by molar-refractivity contribution is 7.09. The molecule has 0 fully saturated rings. The summed E-state index contributed by atoms with van der Waals surface area (Å²) in [5.41, 5.74) is 0.913. The smallest absolute Gasteiger partial charge is 0.261 e. The molecule has 0 aliphatic carbocycles. The Morgan fingerprint density at radius 2 is 2.11 bits per heavy atom. The van der Waals surface area contributed by atoms with Gasteiger partial charge in [-0.2, -0.15) is 0 Å². The van der Waals surface area contributed by atoms with Gasteiger partial charge in [0.1, 0.15) is 4.88 Å². The maximum atomic E-state index is 5.62. The Balaban J connectivity index is 2.02. The highest BCUT2D eigenvalue weighted by atomic mass is 32.1. The second-order valence-corrected chi connectivity index (χ2v) is 5.02. The van der Waals surface area contributed by atoms with E-state index in [9.17, 15) is 0 Å². The van der Waals surface area contributed by atoms with Crippen LogP contribution in [-0.2, 0) is 12.8 Å². The molecule has 0 bridgehead atoms. The molecule has 2 aromatic rings. The van der Waals surface area contributed by atoms with E-state index in [-0.39, 0.29) is 0 Å². The lowest BCUT2D eigenvalue weighted by molar-refractivity contribution is 0.484. The molecule has 98 valence electrons. The van der Waals surface area contributed by atoms with Crippen molar-refractivity contribution in [3.8, 4) is 10.8 Å². The number of aromatic nitrogens is 4. The average Bonchev–Trinajstić information content (AvgIpc) is 2.95. The molecule has 0 aromatic carbocycles. The van der Waals surface area contributed by atoms with Crippen LogP contribution in [0.5, 0.6) is 0 Å². The molecule has 0 spiro atoms. The van der Waals surface area contributed by atoms with Gasteiger partial charge in [-0.1, -0.05) is 25.3 Å². The molecule has 0 atom stereocenters. The molecular weight excluding hydrogens is 250 g/mol. The summed E-state index contributed by atoms with van der Waals surface area (Å²) in [7, 11) is 0. The van der Waals surface area contributed by atoms with Gasteiger partial charge in [0.25, 0.3) is 5.89 Å². The Labute approximate surface area is 110 Å². The highest BCUT2D eigenvalue weighted by Gasteiger charge is 2.15. The minimum Gasteiger partial charge on any atom is -0.420 e. The monoisotopic (exact) mass is 267 g/mol. The van der Waals surface area contributed by atoms with Crippen molar-refractivity contribution in [2.45, 2.75) is 39.7 Å². The molecule has 2 heterocycles. The molecule has 6 nitrogen and oxygen atoms in total. The van der Waals surface area contributed by atoms with Gasteiger partial charge in [-0.05, 0) is 18.0 Å². The van der Waals surface area contributed by atoms with E-state index in [0.717, 1.165) is 30.0 Å². The molecule has 0 saturated heterocycles. The van der Waals surface area contributed by atoms with Crippen molar-refractivity contribution in [3.63, 3.8) is 0 Å². The third kappa shape index (κ3) is 3.11. The molecular formula is C11H17N5OS. The van der Waals surface area contributed by atoms with Crippen molar-refractivity contribution in [2.24, 2.45) is 0 Å². The fourth-order valence-corrected chi connectivity index (χ4v) is 2.19. The lowest BCUT2D eigenvalue weighted by Gasteiger charge is -2.04. The topological polar surface area (TPSA) is 76.7 Å². The number of hydrogen-bond donors (Lipinski definition) is 1. The molecule has 18 heavy (non-hydrogen) atoms. The van der Waals surface area contributed by atoms with Gasteiger partial charge in [0.2, 0.25) is 5.89 Å². The minimum absolute atomic E-state index is 0.463. The van der Waals surface area contributed by atoms with E-state index in [2.05, 4.69) is 38.9 Å². The largest absolute Gasteiger partial charge is 0.420 e. The van der Waals surface area contributed by atoms with Gasteiger partial charge in [0.15, 0.2) is 0 Å². The Morgan fingerprint density at radius 3 is 2.83 bits per heavy atom. The first-order valence-corrected chi connectivity index (χ1v) is 6.85. The van der Waals surface area contributed by atoms with Gasteiger partial charge in [-0.25, -0.2) is 0 Å². The van der Waals surface area contributed by atoms with E-state index < -0.39 is 0 Å². The molecule has 7 heteroatoms. The average molecular weight is 267 g/mol. The summed E-state index contributed by atoms with van der Waals surface area (Å²) < 4.78 is 9.54. The number of nitrogens with one attached hydrogen (secondary N) is 1. The Bertz CT molecular complexity index is 493. The lowest BCUT2D eigenvalue weighted by Crippen LogP contribution is -2.25. The normalized spacial score (nSPS) is 11.3. The molecule has 0 amide bonds. The van der Waals surface area contributed by atoms with Gasteiger partial charge >= 0.3 is 0 Å². The third-order valence-corrected chi connectivity index (χ3v) is 3.20. The van der Waals surface area contributed by atoms with Crippen LogP contribution < -0.4 is 5.32 Å². The standard InChI is InChI=1S/C11H17N5OS/c1-4-8-10(18-16-13-8)11-15-14-9(17-11)5-6-12-7(2)3/h7,12H,4-6H2,1-3H3. The Hall–Kier alpha value is -1.34. The van der Waals surface area contributed by atoms with E-state index in [4.69, 9.17) is 4.42 Å². The molecule has 0 aliphatic heterocycles. The second kappa shape index (κ2) is 6.01. The maximum absolute atomic E-state index is 5.62. The molecule has 1 N–H and O–H groups in total. The van der Waals surface area contributed by atoms with Crippen molar-refractivity contribution >= 4 is 11.5 Å². The summed E-state index contributed by atoms with van der Waals surface area (Å²) >= 11 is 1.30. The van der Waals surface area contributed by atoms with E-state index in [1.807, 2.05) is 6.92 Å². The number of aryl methyl sites for hydroxylation is 1. The van der Waals surface area contributed by atoms with Gasteiger partial charge in [-0.3, -0.25) is 0 Å². The van der Waals surface area contributed by atoms with E-state index in [0.29, 0.717) is 17.8 Å². The van der Waals surface area contributed by atoms with Crippen LogP contribution in [0.15, 0.2) is 4.42 Å². The predicted molar refractivity (Wildman–Crippen MR) is 69.4 cm³/mol. The summed E-state index contributed by atoms with van der Waals surface area (Å²) in [6.07, 6.45) is 1.55. The highest BCUT2D eigenvalue weighted by Crippen LogP contribution is 2.24. The Morgan fingerprint density at radius 1 is 1.28 bits per heavy atom. The SMILES string of the molecule is CCc1nnsc1-c1nnc(CCNC(C)C)o1. The van der Waals surface area contributed by atoms with Crippen molar-refractivity contribution in [3.05, 3.63) is 11.6 Å². The summed E-state index contributed by atoms with van der Waals surface area (Å²) in [5.74, 6) is 1.18. The Kier molecular flexibility index (Phi) is 4.38. The van der Waals surface area contributed by atoms with Crippen molar-refractivity contribution < 1.29 is 4.42 Å². The predicted octanol–water partition coefficient (Wildman–Crippen LogP) is 1.69. The summed E-state index contributed by atoms with van der Waals surface area (Å²) in [4.78, 5) is 0.882. The van der Waals surface area contributed by atoms with Crippen molar-refractivity contribution in [1.29, 1.82) is 0 Å². The minimum atomic E-state index is 0.463. The zero-order valence-electron chi connectivity index (χ0n) is 10.8. The van der Waals surface area contributed by atoms with Gasteiger partial charge in [0, 0.05) is 19.0 Å². The van der Waals surface area contributed by atoms with E-state index in [1.54, 1.807) is 0 Å². The first-order chi connectivity index (χ1) is 8.70. The number of nitrogens with zero attached hydrogens (tertiary/aromatic N) is 4. The fraction of sp³-hybridized carbons (Fsp3) is 0.636. The molecule has 0 saturated carbocycles. The van der Waals surface area contributed by atoms with Gasteiger partial charge < -0.3 is 9.73 Å². The molecule has 0 radical (unpaired) electrons. The zero-order chi connectivity index (χ0) is 13.0. The molecule has 2 rings (SSSR count). The van der Waals surface area contributed by atoms with Crippen LogP contribution in [0.1, 0.15) is 32.4 Å². The molecule has 0 aliphatic rings. The quantitative estimate of drug-likeness (QED) is 0.858. The summed E-state index contributed by atoms with van der Waals surface area (Å²) in [6.45, 7) is 7.08. The number of hydrogen-bond acceptors (Lipinski definition) is 7. The third-order valence-electron chi connectivity index (χ3n) is 2.44. The van der Waals surface area contributed by atoms with Crippen LogP contribution in [-0.4, -0.2) is 32.4 Å². The van der Waals surface area contributed by atoms with Crippen LogP contribution in [0.4, 0.5) is 0 Å². The van der Waals surface area contributed by atoms with Crippen LogP contribution in [0.2, 0.25) is 0 Å². The molecule has 2 aromatic heterocycles. The first-order valence-electron chi connectivity index (χ1n) is 6.08. The van der Waals surface area contributed by atoms with Crippen LogP contribution in [0.3, 0.4) is 0 Å². The van der Waals surface area contributed by atoms with Gasteiger partial charge in [0.05, 0.1) is 5.69 Å². The van der Waals surface area contributed by atoms with Gasteiger partial charge in [-0.15, -0.1) is 15.3 Å². The zero-order valence-corrected chi connectivity index (χ0v) is 11.6. The lowest BCUT2D eigenvalue weighted by atomic mass is 10.3. The fourth-order valence-electron chi connectivity index (χ4n) is 1.52. The first kappa shape index (κ1) is 13.1. The second-order valence-electron chi connectivity index (χ2n) is 4.26. The summed E-state index contributed by atoms with van der Waals surface area (Å²) in [6, 6.07) is 0.463. The van der Waals surface area contributed by atoms with Crippen LogP contribution >= 0.6 is 11.5 Å². The van der Waals surface area contributed by atoms with Crippen LogP contribution in [0.25, 0.3) is 10.8 Å².